The fraction of sp³-hybridized carbons (Fsp3) is 0. The summed E-state index contributed by atoms with van der Waals surface area (Å²) in [4.78, 5) is 0. The number of rotatable bonds is 1. The molecule has 0 atom stereocenters. The maximum atomic E-state index is 3.65. The number of hydrogen-bond acceptors (Lipinski definition) is 0. The monoisotopic (exact) mass is 391 g/mol. The van der Waals surface area contributed by atoms with Crippen LogP contribution in [0.4, 0.5) is 0 Å². The van der Waals surface area contributed by atoms with Crippen molar-refractivity contribution in [1.82, 2.24) is 0 Å². The number of hydrogen-bond donors (Lipinski definition) is 0. The molecule has 0 bridgehead atoms. The number of benzene rings is 5. The summed E-state index contributed by atoms with van der Waals surface area (Å²) in [5, 5.41) is 7.55. The van der Waals surface area contributed by atoms with E-state index in [1.807, 2.05) is 18.2 Å². The predicted molar refractivity (Wildman–Crippen MR) is 102 cm³/mol. The maximum absolute atomic E-state index is 3.65. The van der Waals surface area contributed by atoms with Gasteiger partial charge < -0.3 is 0 Å². The van der Waals surface area contributed by atoms with Crippen molar-refractivity contribution in [2.24, 2.45) is 0 Å². The van der Waals surface area contributed by atoms with E-state index in [0.717, 1.165) is 11.1 Å². The molecule has 25 heavy (non-hydrogen) atoms. The van der Waals surface area contributed by atoms with Crippen LogP contribution in [-0.2, 0) is 32.7 Å². The summed E-state index contributed by atoms with van der Waals surface area (Å²) in [5.41, 5.74) is 2.17. The zero-order valence-corrected chi connectivity index (χ0v) is 16.5. The van der Waals surface area contributed by atoms with Crippen LogP contribution in [-0.4, -0.2) is 0 Å². The van der Waals surface area contributed by atoms with Gasteiger partial charge in [0.2, 0.25) is 0 Å². The fourth-order valence-corrected chi connectivity index (χ4v) is 3.54. The van der Waals surface area contributed by atoms with Gasteiger partial charge in [0, 0.05) is 32.7 Å². The summed E-state index contributed by atoms with van der Waals surface area (Å²) in [6.45, 7) is 0. The molecule has 0 aliphatic carbocycles. The van der Waals surface area contributed by atoms with Crippen LogP contribution in [0.2, 0.25) is 0 Å². The van der Waals surface area contributed by atoms with Gasteiger partial charge in [-0.25, -0.2) is 5.56 Å². The van der Waals surface area contributed by atoms with E-state index in [0.29, 0.717) is 0 Å². The molecule has 0 unspecified atom stereocenters. The maximum Gasteiger partial charge on any atom is 0 e. The van der Waals surface area contributed by atoms with Gasteiger partial charge in [0.25, 0.3) is 0 Å². The summed E-state index contributed by atoms with van der Waals surface area (Å²) in [7, 11) is 0. The molecule has 0 heterocycles. The Bertz CT molecular complexity index is 1160. The van der Waals surface area contributed by atoms with E-state index in [4.69, 9.17) is 0 Å². The van der Waals surface area contributed by atoms with Crippen molar-refractivity contribution in [3.8, 4) is 11.1 Å². The van der Waals surface area contributed by atoms with Crippen molar-refractivity contribution in [1.29, 1.82) is 0 Å². The topological polar surface area (TPSA) is 0 Å². The smallest absolute Gasteiger partial charge is 0 e. The Morgan fingerprint density at radius 3 is 1.68 bits per heavy atom. The molecule has 0 amide bonds. The van der Waals surface area contributed by atoms with Gasteiger partial charge in [-0.3, -0.25) is 0 Å². The number of fused-ring (bicyclic) bond motifs is 6. The largest absolute Gasteiger partial charge is 0.209 e. The van der Waals surface area contributed by atoms with Crippen molar-refractivity contribution in [2.75, 3.05) is 0 Å². The van der Waals surface area contributed by atoms with Gasteiger partial charge in [0.15, 0.2) is 0 Å². The third kappa shape index (κ3) is 2.70. The average molecular weight is 391 g/mol. The minimum atomic E-state index is 0. The first-order valence-electron chi connectivity index (χ1n) is 8.14. The van der Waals surface area contributed by atoms with Crippen LogP contribution >= 0.6 is 0 Å². The van der Waals surface area contributed by atoms with Gasteiger partial charge >= 0.3 is 0 Å². The van der Waals surface area contributed by atoms with Crippen LogP contribution < -0.4 is 0 Å². The second-order valence-corrected chi connectivity index (χ2v) is 6.03. The molecule has 0 aliphatic heterocycles. The van der Waals surface area contributed by atoms with Gasteiger partial charge in [0.05, 0.1) is 0 Å². The minimum absolute atomic E-state index is 0. The van der Waals surface area contributed by atoms with Crippen molar-refractivity contribution < 1.29 is 32.7 Å². The Labute approximate surface area is 172 Å². The Morgan fingerprint density at radius 1 is 0.480 bits per heavy atom. The van der Waals surface area contributed by atoms with E-state index in [1.165, 1.54) is 32.3 Å². The van der Waals surface area contributed by atoms with E-state index in [-0.39, 0.29) is 32.7 Å². The van der Waals surface area contributed by atoms with Crippen LogP contribution in [0.3, 0.4) is 0 Å². The van der Waals surface area contributed by atoms with Gasteiger partial charge in [-0.15, -0.1) is 17.5 Å². The molecule has 115 valence electrons. The average Bonchev–Trinajstić information content (AvgIpc) is 2.68. The first-order chi connectivity index (χ1) is 11.9. The first-order valence-corrected chi connectivity index (χ1v) is 8.14. The molecule has 1 radical (unpaired) electrons. The van der Waals surface area contributed by atoms with Crippen LogP contribution in [0.5, 0.6) is 0 Å². The van der Waals surface area contributed by atoms with Crippen LogP contribution in [0.15, 0.2) is 84.9 Å². The van der Waals surface area contributed by atoms with E-state index < -0.39 is 0 Å². The van der Waals surface area contributed by atoms with Crippen LogP contribution in [0, 0.1) is 12.1 Å². The van der Waals surface area contributed by atoms with E-state index >= 15 is 0 Å². The summed E-state index contributed by atoms with van der Waals surface area (Å²) in [5.74, 6) is 0. The normalized spacial score (nSPS) is 10.9. The Morgan fingerprint density at radius 2 is 1.04 bits per heavy atom. The summed E-state index contributed by atoms with van der Waals surface area (Å²) < 4.78 is 0. The second-order valence-electron chi connectivity index (χ2n) is 6.03. The fourth-order valence-electron chi connectivity index (χ4n) is 3.54. The molecule has 5 aromatic rings. The molecule has 0 aromatic heterocycles. The third-order valence-corrected chi connectivity index (χ3v) is 4.65. The molecule has 5 aromatic carbocycles. The molecule has 1 heteroatoms. The second kappa shape index (κ2) is 6.71. The van der Waals surface area contributed by atoms with Gasteiger partial charge in [-0.05, 0) is 16.2 Å². The molecular weight excluding hydrogens is 377 g/mol. The zero-order valence-electron chi connectivity index (χ0n) is 13.7. The van der Waals surface area contributed by atoms with E-state index in [1.54, 1.807) is 0 Å². The van der Waals surface area contributed by atoms with Crippen LogP contribution in [0.1, 0.15) is 0 Å². The molecule has 0 fully saturated rings. The molecule has 0 aliphatic rings. The summed E-state index contributed by atoms with van der Waals surface area (Å²) in [6.07, 6.45) is 0. The minimum Gasteiger partial charge on any atom is -0.209 e. The Hall–Kier alpha value is -2.02. The molecule has 0 N–H and O–H groups in total. The van der Waals surface area contributed by atoms with Crippen molar-refractivity contribution >= 4 is 32.3 Å². The Balaban J connectivity index is 0.00000157. The molecule has 0 saturated carbocycles. The summed E-state index contributed by atoms with van der Waals surface area (Å²) >= 11 is 0. The molecule has 5 rings (SSSR count). The van der Waals surface area contributed by atoms with Gasteiger partial charge in [-0.1, -0.05) is 59.3 Å². The quantitative estimate of drug-likeness (QED) is 0.229. The Kier molecular flexibility index (Phi) is 4.42. The molecular formula is C24H14Y-2. The SMILES string of the molecule is [Y].[c-]1ccccc1-c1[c-]c2c3ccccc3c3ccccc3c2cc1. The molecule has 0 spiro atoms. The van der Waals surface area contributed by atoms with Gasteiger partial charge in [0.1, 0.15) is 0 Å². The molecule has 0 nitrogen and oxygen atoms in total. The van der Waals surface area contributed by atoms with Gasteiger partial charge in [-0.2, -0.15) is 42.0 Å². The van der Waals surface area contributed by atoms with Crippen LogP contribution in [0.25, 0.3) is 43.4 Å². The summed E-state index contributed by atoms with van der Waals surface area (Å²) in [6, 6.07) is 36.6. The predicted octanol–water partition coefficient (Wildman–Crippen LogP) is 6.41. The van der Waals surface area contributed by atoms with E-state index in [2.05, 4.69) is 78.9 Å². The zero-order chi connectivity index (χ0) is 15.9. The van der Waals surface area contributed by atoms with Crippen molar-refractivity contribution in [3.63, 3.8) is 0 Å². The standard InChI is InChI=1S/C24H14.Y/c1-2-8-17(9-3-1)18-14-15-23-21-12-5-4-10-19(21)20-11-6-7-13-22(20)24(23)16-18;/h1-8,10-15H;/q-2;. The molecule has 0 saturated heterocycles. The first kappa shape index (κ1) is 16.5. The van der Waals surface area contributed by atoms with Crippen molar-refractivity contribution in [2.45, 2.75) is 0 Å². The third-order valence-electron chi connectivity index (χ3n) is 4.65. The van der Waals surface area contributed by atoms with E-state index in [9.17, 15) is 0 Å². The van der Waals surface area contributed by atoms with Crippen molar-refractivity contribution in [3.05, 3.63) is 97.1 Å².